The lowest BCUT2D eigenvalue weighted by atomic mass is 9.56. The number of aliphatic hydroxyl groups is 4. The molecule has 37 heavy (non-hydrogen) atoms. The van der Waals surface area contributed by atoms with E-state index in [1.54, 1.807) is 38.4 Å². The molecule has 8 heteroatoms. The van der Waals surface area contributed by atoms with E-state index in [-0.39, 0.29) is 35.2 Å². The lowest BCUT2D eigenvalue weighted by Crippen LogP contribution is -2.68. The van der Waals surface area contributed by atoms with E-state index in [9.17, 15) is 25.2 Å². The normalized spacial score (nSPS) is 44.0. The number of nitrogens with zero attached hydrogens (tertiary/aromatic N) is 2. The number of amides is 1. The highest BCUT2D eigenvalue weighted by molar-refractivity contribution is 5.85. The third kappa shape index (κ3) is 3.62. The highest BCUT2D eigenvalue weighted by atomic mass is 16.6. The fraction of sp³-hybridized carbons (Fsp3) is 0.793. The Morgan fingerprint density at radius 1 is 1.24 bits per heavy atom. The molecule has 4 rings (SSSR count). The fourth-order valence-corrected chi connectivity index (χ4v) is 8.68. The molecule has 1 aromatic heterocycles. The Labute approximate surface area is 221 Å². The van der Waals surface area contributed by atoms with Gasteiger partial charge in [0, 0.05) is 31.2 Å². The summed E-state index contributed by atoms with van der Waals surface area (Å²) >= 11 is 0. The van der Waals surface area contributed by atoms with Crippen molar-refractivity contribution in [1.82, 2.24) is 4.98 Å². The zero-order chi connectivity index (χ0) is 27.7. The molecule has 8 nitrogen and oxygen atoms in total. The maximum atomic E-state index is 13.3. The van der Waals surface area contributed by atoms with Crippen LogP contribution < -0.4 is 4.90 Å². The summed E-state index contributed by atoms with van der Waals surface area (Å²) in [6.07, 6.45) is -1.39. The molecule has 208 valence electrons. The number of hydrogen-bond acceptors (Lipinski definition) is 7. The van der Waals surface area contributed by atoms with Crippen molar-refractivity contribution in [2.75, 3.05) is 18.6 Å². The van der Waals surface area contributed by atoms with Gasteiger partial charge in [-0.2, -0.15) is 0 Å². The molecule has 0 aliphatic heterocycles. The second kappa shape index (κ2) is 9.18. The summed E-state index contributed by atoms with van der Waals surface area (Å²) in [6.45, 7) is 14.0. The molecule has 0 saturated heterocycles. The average molecular weight is 519 g/mol. The third-order valence-electron chi connectivity index (χ3n) is 11.4. The molecule has 0 radical (unpaired) electrons. The summed E-state index contributed by atoms with van der Waals surface area (Å²) in [7, 11) is 1.55. The van der Waals surface area contributed by atoms with E-state index in [1.807, 2.05) is 20.8 Å². The number of anilines is 1. The van der Waals surface area contributed by atoms with Crippen LogP contribution in [0.5, 0.6) is 0 Å². The molecular formula is C29H46N2O6. The Hall–Kier alpha value is -1.74. The van der Waals surface area contributed by atoms with Gasteiger partial charge in [0.05, 0.1) is 12.2 Å². The van der Waals surface area contributed by atoms with E-state index in [0.29, 0.717) is 18.2 Å². The second-order valence-corrected chi connectivity index (χ2v) is 13.1. The van der Waals surface area contributed by atoms with Crippen LogP contribution in [0.4, 0.5) is 10.6 Å². The Balaban J connectivity index is 1.78. The first kappa shape index (κ1) is 28.3. The zero-order valence-electron chi connectivity index (χ0n) is 23.5. The van der Waals surface area contributed by atoms with Crippen molar-refractivity contribution in [3.05, 3.63) is 24.4 Å². The van der Waals surface area contributed by atoms with Crippen LogP contribution in [-0.2, 0) is 4.74 Å². The number of hydrogen-bond donors (Lipinski definition) is 4. The quantitative estimate of drug-likeness (QED) is 0.471. The average Bonchev–Trinajstić information content (AvgIpc) is 3.22. The van der Waals surface area contributed by atoms with Crippen LogP contribution in [0.25, 0.3) is 0 Å². The molecular weight excluding hydrogens is 472 g/mol. The molecule has 0 bridgehead atoms. The summed E-state index contributed by atoms with van der Waals surface area (Å²) in [5.41, 5.74) is -3.16. The van der Waals surface area contributed by atoms with E-state index in [0.717, 1.165) is 6.42 Å². The predicted molar refractivity (Wildman–Crippen MR) is 141 cm³/mol. The molecule has 3 saturated carbocycles. The molecule has 1 heterocycles. The number of aromatic nitrogens is 1. The number of carbonyl (C=O) groups excluding carboxylic acids is 1. The van der Waals surface area contributed by atoms with Gasteiger partial charge in [-0.1, -0.05) is 54.5 Å². The van der Waals surface area contributed by atoms with Crippen LogP contribution in [-0.4, -0.2) is 69.1 Å². The highest BCUT2D eigenvalue weighted by Crippen LogP contribution is 2.79. The standard InChI is InChI=1S/C29H46N2O6/c1-16-14-28(18(3)13-20-26(5,6)27(20,7)19(4)23(28)34)29(36,22(33)17(2)15-32)24(16)37-25(35)31(8)21-11-9-10-12-30-21/h9-12,16-20,22-24,32-34,36H,13-15H2,1-8H3/t16-,17?,18?,19+,20-,22+,23?,24-,27-,28-,29-/m0/s1. The minimum Gasteiger partial charge on any atom is -0.442 e. The van der Waals surface area contributed by atoms with E-state index in [1.165, 1.54) is 4.90 Å². The van der Waals surface area contributed by atoms with Crippen LogP contribution in [0, 0.1) is 45.8 Å². The van der Waals surface area contributed by atoms with Crippen molar-refractivity contribution in [2.45, 2.75) is 85.2 Å². The SMILES string of the molecule is CC(CO)[C@@H](O)[C@]1(O)[C@@H](OC(=O)N(C)c2ccccn2)[C@@H](C)C[C@@]12C(C)C[C@H]1C(C)(C)[C@@]1(C)[C@H](C)C2O. The van der Waals surface area contributed by atoms with Crippen molar-refractivity contribution in [1.29, 1.82) is 0 Å². The van der Waals surface area contributed by atoms with Crippen molar-refractivity contribution >= 4 is 11.9 Å². The topological polar surface area (TPSA) is 123 Å². The third-order valence-corrected chi connectivity index (χ3v) is 11.4. The Morgan fingerprint density at radius 3 is 2.46 bits per heavy atom. The molecule has 4 N–H and O–H groups in total. The van der Waals surface area contributed by atoms with Gasteiger partial charge in [-0.25, -0.2) is 9.78 Å². The number of rotatable bonds is 5. The monoisotopic (exact) mass is 518 g/mol. The van der Waals surface area contributed by atoms with E-state index in [2.05, 4.69) is 25.8 Å². The summed E-state index contributed by atoms with van der Waals surface area (Å²) < 4.78 is 6.02. The van der Waals surface area contributed by atoms with Gasteiger partial charge in [-0.3, -0.25) is 4.90 Å². The first-order valence-corrected chi connectivity index (χ1v) is 13.7. The minimum atomic E-state index is -1.97. The van der Waals surface area contributed by atoms with Gasteiger partial charge in [0.2, 0.25) is 0 Å². The first-order valence-electron chi connectivity index (χ1n) is 13.7. The van der Waals surface area contributed by atoms with Gasteiger partial charge in [-0.05, 0) is 59.5 Å². The smallest absolute Gasteiger partial charge is 0.415 e. The predicted octanol–water partition coefficient (Wildman–Crippen LogP) is 3.47. The van der Waals surface area contributed by atoms with Crippen molar-refractivity contribution in [2.24, 2.45) is 45.8 Å². The lowest BCUT2D eigenvalue weighted by molar-refractivity contribution is -0.249. The van der Waals surface area contributed by atoms with Crippen molar-refractivity contribution in [3.8, 4) is 0 Å². The van der Waals surface area contributed by atoms with Gasteiger partial charge >= 0.3 is 6.09 Å². The zero-order valence-corrected chi connectivity index (χ0v) is 23.5. The van der Waals surface area contributed by atoms with Crippen LogP contribution in [0.2, 0.25) is 0 Å². The lowest BCUT2D eigenvalue weighted by Gasteiger charge is -2.54. The summed E-state index contributed by atoms with van der Waals surface area (Å²) in [6, 6.07) is 5.20. The number of fused-ring (bicyclic) bond motifs is 1. The highest BCUT2D eigenvalue weighted by Gasteiger charge is 2.79. The largest absolute Gasteiger partial charge is 0.442 e. The molecule has 3 aliphatic rings. The van der Waals surface area contributed by atoms with Gasteiger partial charge in [0.15, 0.2) is 0 Å². The molecule has 0 aromatic carbocycles. The number of pyridine rings is 1. The molecule has 1 aromatic rings. The van der Waals surface area contributed by atoms with Crippen molar-refractivity contribution < 1.29 is 30.0 Å². The molecule has 3 aliphatic carbocycles. The van der Waals surface area contributed by atoms with Crippen LogP contribution >= 0.6 is 0 Å². The van der Waals surface area contributed by atoms with Crippen LogP contribution in [0.15, 0.2) is 24.4 Å². The molecule has 11 atom stereocenters. The second-order valence-electron chi connectivity index (χ2n) is 13.1. The van der Waals surface area contributed by atoms with Crippen molar-refractivity contribution in [3.63, 3.8) is 0 Å². The molecule has 1 spiro atoms. The van der Waals surface area contributed by atoms with E-state index in [4.69, 9.17) is 4.74 Å². The molecule has 1 amide bonds. The van der Waals surface area contributed by atoms with Gasteiger partial charge in [0.1, 0.15) is 17.5 Å². The maximum Gasteiger partial charge on any atom is 0.415 e. The van der Waals surface area contributed by atoms with Crippen LogP contribution in [0.3, 0.4) is 0 Å². The fourth-order valence-electron chi connectivity index (χ4n) is 8.68. The van der Waals surface area contributed by atoms with Gasteiger partial charge in [0.25, 0.3) is 0 Å². The summed E-state index contributed by atoms with van der Waals surface area (Å²) in [4.78, 5) is 18.8. The number of carbonyl (C=O) groups is 1. The molecule has 3 fully saturated rings. The number of aliphatic hydroxyl groups excluding tert-OH is 3. The minimum absolute atomic E-state index is 0.0554. The Kier molecular flexibility index (Phi) is 7.01. The first-order chi connectivity index (χ1) is 17.1. The van der Waals surface area contributed by atoms with Gasteiger partial charge in [-0.15, -0.1) is 0 Å². The maximum absolute atomic E-state index is 13.3. The molecule has 3 unspecified atom stereocenters. The van der Waals surface area contributed by atoms with E-state index >= 15 is 0 Å². The van der Waals surface area contributed by atoms with Gasteiger partial charge < -0.3 is 25.2 Å². The number of ether oxygens (including phenoxy) is 1. The Bertz CT molecular complexity index is 1010. The van der Waals surface area contributed by atoms with E-state index < -0.39 is 41.3 Å². The summed E-state index contributed by atoms with van der Waals surface area (Å²) in [5.74, 6) is -0.593. The summed E-state index contributed by atoms with van der Waals surface area (Å²) in [5, 5.41) is 46.6. The van der Waals surface area contributed by atoms with Crippen LogP contribution in [0.1, 0.15) is 61.3 Å². The Morgan fingerprint density at radius 2 is 1.89 bits per heavy atom.